The summed E-state index contributed by atoms with van der Waals surface area (Å²) in [6.07, 6.45) is 0.343. The van der Waals surface area contributed by atoms with Gasteiger partial charge in [-0.1, -0.05) is 18.2 Å². The van der Waals surface area contributed by atoms with Crippen molar-refractivity contribution in [2.45, 2.75) is 26.8 Å². The number of morpholine rings is 1. The number of benzene rings is 2. The highest BCUT2D eigenvalue weighted by Crippen LogP contribution is 2.23. The number of ether oxygens (including phenoxy) is 1. The van der Waals surface area contributed by atoms with Gasteiger partial charge in [-0.25, -0.2) is 9.37 Å². The zero-order valence-electron chi connectivity index (χ0n) is 16.2. The fraction of sp³-hybridized carbons (Fsp3) is 0.364. The van der Waals surface area contributed by atoms with Gasteiger partial charge in [-0.15, -0.1) is 0 Å². The lowest BCUT2D eigenvalue weighted by atomic mass is 10.1. The van der Waals surface area contributed by atoms with Crippen molar-refractivity contribution in [2.24, 2.45) is 0 Å². The smallest absolute Gasteiger partial charge is 0.242 e. The largest absolute Gasteiger partial charge is 0.378 e. The van der Waals surface area contributed by atoms with Crippen LogP contribution in [0.25, 0.3) is 11.0 Å². The summed E-state index contributed by atoms with van der Waals surface area (Å²) in [5, 5.41) is 0. The van der Waals surface area contributed by atoms with Gasteiger partial charge in [0.25, 0.3) is 0 Å². The van der Waals surface area contributed by atoms with Gasteiger partial charge in [0.1, 0.15) is 18.2 Å². The topological polar surface area (TPSA) is 47.4 Å². The zero-order chi connectivity index (χ0) is 19.7. The number of rotatable bonds is 4. The van der Waals surface area contributed by atoms with Gasteiger partial charge in [0.05, 0.1) is 24.2 Å². The van der Waals surface area contributed by atoms with Gasteiger partial charge in [-0.3, -0.25) is 4.79 Å². The standard InChI is InChI=1S/C22H24FN3O2/c1-15-11-19-20(12-16(15)2)26(14-22(27)25-7-9-28-10-8-25)21(24-19)13-17-5-3-4-6-18(17)23/h3-6,11-12H,7-10,13-14H2,1-2H3. The first-order valence-electron chi connectivity index (χ1n) is 9.58. The third kappa shape index (κ3) is 3.64. The molecule has 1 aliphatic heterocycles. The van der Waals surface area contributed by atoms with Crippen LogP contribution in [0.5, 0.6) is 0 Å². The number of hydrogen-bond donors (Lipinski definition) is 0. The molecule has 6 heteroatoms. The van der Waals surface area contributed by atoms with E-state index in [-0.39, 0.29) is 18.3 Å². The number of imidazole rings is 1. The fourth-order valence-electron chi connectivity index (χ4n) is 3.60. The Hall–Kier alpha value is -2.73. The van der Waals surface area contributed by atoms with Crippen molar-refractivity contribution < 1.29 is 13.9 Å². The molecule has 0 N–H and O–H groups in total. The number of amides is 1. The van der Waals surface area contributed by atoms with Crippen molar-refractivity contribution in [3.05, 3.63) is 64.7 Å². The highest BCUT2D eigenvalue weighted by molar-refractivity contribution is 5.82. The Balaban J connectivity index is 1.74. The summed E-state index contributed by atoms with van der Waals surface area (Å²) in [7, 11) is 0. The first-order valence-corrected chi connectivity index (χ1v) is 9.58. The fourth-order valence-corrected chi connectivity index (χ4v) is 3.60. The Bertz CT molecular complexity index is 1020. The van der Waals surface area contributed by atoms with Crippen LogP contribution in [-0.4, -0.2) is 46.7 Å². The molecule has 1 aromatic heterocycles. The van der Waals surface area contributed by atoms with Gasteiger partial charge < -0.3 is 14.2 Å². The minimum Gasteiger partial charge on any atom is -0.378 e. The molecule has 5 nitrogen and oxygen atoms in total. The number of nitrogens with zero attached hydrogens (tertiary/aromatic N) is 3. The van der Waals surface area contributed by atoms with Crippen molar-refractivity contribution in [2.75, 3.05) is 26.3 Å². The summed E-state index contributed by atoms with van der Waals surface area (Å²) in [5.74, 6) is 0.482. The first-order chi connectivity index (χ1) is 13.5. The maximum absolute atomic E-state index is 14.2. The molecule has 1 saturated heterocycles. The van der Waals surface area contributed by atoms with Gasteiger partial charge in [0, 0.05) is 19.5 Å². The molecule has 1 fully saturated rings. The third-order valence-electron chi connectivity index (χ3n) is 5.41. The summed E-state index contributed by atoms with van der Waals surface area (Å²) in [6.45, 7) is 6.63. The summed E-state index contributed by atoms with van der Waals surface area (Å²) >= 11 is 0. The van der Waals surface area contributed by atoms with Crippen molar-refractivity contribution in [3.63, 3.8) is 0 Å². The summed E-state index contributed by atoms with van der Waals surface area (Å²) in [4.78, 5) is 19.5. The normalized spacial score (nSPS) is 14.6. The Kier molecular flexibility index (Phi) is 5.13. The monoisotopic (exact) mass is 381 g/mol. The summed E-state index contributed by atoms with van der Waals surface area (Å²) < 4.78 is 21.5. The van der Waals surface area contributed by atoms with Crippen LogP contribution < -0.4 is 0 Å². The van der Waals surface area contributed by atoms with Crippen molar-refractivity contribution >= 4 is 16.9 Å². The number of hydrogen-bond acceptors (Lipinski definition) is 3. The van der Waals surface area contributed by atoms with Crippen molar-refractivity contribution in [3.8, 4) is 0 Å². The van der Waals surface area contributed by atoms with Crippen LogP contribution >= 0.6 is 0 Å². The molecule has 0 bridgehead atoms. The van der Waals surface area contributed by atoms with E-state index in [1.165, 1.54) is 6.07 Å². The van der Waals surface area contributed by atoms with Gasteiger partial charge in [-0.2, -0.15) is 0 Å². The van der Waals surface area contributed by atoms with E-state index in [0.29, 0.717) is 44.1 Å². The third-order valence-corrected chi connectivity index (χ3v) is 5.41. The second-order valence-corrected chi connectivity index (χ2v) is 7.30. The predicted molar refractivity (Wildman–Crippen MR) is 106 cm³/mol. The van der Waals surface area contributed by atoms with Crippen LogP contribution in [0.3, 0.4) is 0 Å². The van der Waals surface area contributed by atoms with E-state index in [0.717, 1.165) is 22.2 Å². The lowest BCUT2D eigenvalue weighted by Crippen LogP contribution is -2.42. The second-order valence-electron chi connectivity index (χ2n) is 7.30. The molecule has 4 rings (SSSR count). The highest BCUT2D eigenvalue weighted by Gasteiger charge is 2.21. The summed E-state index contributed by atoms with van der Waals surface area (Å²) in [6, 6.07) is 10.8. The first kappa shape index (κ1) is 18.6. The van der Waals surface area contributed by atoms with E-state index in [4.69, 9.17) is 9.72 Å². The molecule has 0 saturated carbocycles. The minimum atomic E-state index is -0.257. The quantitative estimate of drug-likeness (QED) is 0.697. The maximum atomic E-state index is 14.2. The summed E-state index contributed by atoms with van der Waals surface area (Å²) in [5.41, 5.74) is 4.62. The number of carbonyl (C=O) groups excluding carboxylic acids is 1. The molecular weight excluding hydrogens is 357 g/mol. The Labute approximate surface area is 163 Å². The number of aromatic nitrogens is 2. The molecule has 2 heterocycles. The number of carbonyl (C=O) groups is 1. The van der Waals surface area contributed by atoms with E-state index in [9.17, 15) is 9.18 Å². The number of aryl methyl sites for hydroxylation is 2. The second kappa shape index (κ2) is 7.72. The van der Waals surface area contributed by atoms with Gasteiger partial charge in [0.2, 0.25) is 5.91 Å². The number of fused-ring (bicyclic) bond motifs is 1. The zero-order valence-corrected chi connectivity index (χ0v) is 16.2. The highest BCUT2D eigenvalue weighted by atomic mass is 19.1. The molecule has 28 heavy (non-hydrogen) atoms. The van der Waals surface area contributed by atoms with Crippen LogP contribution in [-0.2, 0) is 22.5 Å². The molecule has 1 aliphatic rings. The Morgan fingerprint density at radius 3 is 2.61 bits per heavy atom. The van der Waals surface area contributed by atoms with Gasteiger partial charge >= 0.3 is 0 Å². The van der Waals surface area contributed by atoms with Crippen molar-refractivity contribution in [1.29, 1.82) is 0 Å². The van der Waals surface area contributed by atoms with E-state index in [2.05, 4.69) is 6.07 Å². The van der Waals surface area contributed by atoms with Crippen LogP contribution in [0, 0.1) is 19.7 Å². The Morgan fingerprint density at radius 2 is 1.86 bits per heavy atom. The molecule has 0 aliphatic carbocycles. The van der Waals surface area contributed by atoms with Crippen LogP contribution in [0.4, 0.5) is 4.39 Å². The molecule has 0 unspecified atom stereocenters. The average molecular weight is 381 g/mol. The van der Waals surface area contributed by atoms with Crippen molar-refractivity contribution in [1.82, 2.24) is 14.5 Å². The Morgan fingerprint density at radius 1 is 1.14 bits per heavy atom. The van der Waals surface area contributed by atoms with Gasteiger partial charge in [0.15, 0.2) is 0 Å². The predicted octanol–water partition coefficient (Wildman–Crippen LogP) is 3.24. The molecule has 0 atom stereocenters. The maximum Gasteiger partial charge on any atom is 0.242 e. The lowest BCUT2D eigenvalue weighted by Gasteiger charge is -2.27. The SMILES string of the molecule is Cc1cc2nc(Cc3ccccc3F)n(CC(=O)N3CCOCC3)c2cc1C. The van der Waals surface area contributed by atoms with E-state index < -0.39 is 0 Å². The number of halogens is 1. The van der Waals surface area contributed by atoms with E-state index in [1.807, 2.05) is 35.4 Å². The molecule has 146 valence electrons. The van der Waals surface area contributed by atoms with Crippen LogP contribution in [0.15, 0.2) is 36.4 Å². The van der Waals surface area contributed by atoms with Crippen LogP contribution in [0.2, 0.25) is 0 Å². The molecule has 2 aromatic carbocycles. The molecule has 0 spiro atoms. The molecule has 0 radical (unpaired) electrons. The minimum absolute atomic E-state index is 0.0376. The molecule has 1 amide bonds. The lowest BCUT2D eigenvalue weighted by molar-refractivity contribution is -0.135. The van der Waals surface area contributed by atoms with Crippen LogP contribution in [0.1, 0.15) is 22.5 Å². The van der Waals surface area contributed by atoms with E-state index in [1.54, 1.807) is 12.1 Å². The molecular formula is C22H24FN3O2. The molecule has 3 aromatic rings. The van der Waals surface area contributed by atoms with E-state index >= 15 is 0 Å². The average Bonchev–Trinajstić information content (AvgIpc) is 3.01. The van der Waals surface area contributed by atoms with Gasteiger partial charge in [-0.05, 0) is 48.7 Å².